The van der Waals surface area contributed by atoms with Crippen molar-refractivity contribution in [3.8, 4) is 5.88 Å². The number of ether oxygens (including phenoxy) is 2. The molecule has 8 nitrogen and oxygen atoms in total. The number of rotatable bonds is 5. The maximum atomic E-state index is 6.01. The molecule has 1 aliphatic carbocycles. The molecule has 1 saturated heterocycles. The molecule has 2 aromatic rings. The first kappa shape index (κ1) is 15.5. The highest BCUT2D eigenvalue weighted by atomic mass is 16.5. The molecule has 0 bridgehead atoms. The van der Waals surface area contributed by atoms with Crippen molar-refractivity contribution in [3.63, 3.8) is 0 Å². The van der Waals surface area contributed by atoms with Crippen molar-refractivity contribution in [2.45, 2.75) is 44.4 Å². The third kappa shape index (κ3) is 3.25. The second-order valence-electron chi connectivity index (χ2n) is 6.41. The fraction of sp³-hybridized carbons (Fsp3) is 0.625. The van der Waals surface area contributed by atoms with Gasteiger partial charge in [-0.15, -0.1) is 0 Å². The fourth-order valence-electron chi connectivity index (χ4n) is 3.03. The van der Waals surface area contributed by atoms with Crippen molar-refractivity contribution in [3.05, 3.63) is 29.8 Å². The zero-order chi connectivity index (χ0) is 16.5. The highest BCUT2D eigenvalue weighted by molar-refractivity contribution is 5.17. The molecule has 2 aliphatic rings. The van der Waals surface area contributed by atoms with Crippen molar-refractivity contribution >= 4 is 0 Å². The van der Waals surface area contributed by atoms with E-state index in [1.54, 1.807) is 19.5 Å². The maximum absolute atomic E-state index is 6.01. The highest BCUT2D eigenvalue weighted by Gasteiger charge is 2.34. The molecule has 0 aromatic carbocycles. The SMILES string of the molecule is COc1nccnc1CN1C[C@@H](C)O[C@@H](c2nc(C3CC3)no2)C1. The molecule has 0 radical (unpaired) electrons. The van der Waals surface area contributed by atoms with Crippen LogP contribution in [0.2, 0.25) is 0 Å². The molecule has 2 aromatic heterocycles. The van der Waals surface area contributed by atoms with Gasteiger partial charge in [-0.2, -0.15) is 4.98 Å². The lowest BCUT2D eigenvalue weighted by atomic mass is 10.2. The molecule has 3 heterocycles. The first-order valence-electron chi connectivity index (χ1n) is 8.28. The Bertz CT molecular complexity index is 703. The van der Waals surface area contributed by atoms with Crippen LogP contribution in [0.25, 0.3) is 0 Å². The van der Waals surface area contributed by atoms with Crippen LogP contribution in [0.3, 0.4) is 0 Å². The Labute approximate surface area is 140 Å². The van der Waals surface area contributed by atoms with E-state index >= 15 is 0 Å². The normalized spacial score (nSPS) is 24.9. The van der Waals surface area contributed by atoms with Gasteiger partial charge in [-0.05, 0) is 19.8 Å². The van der Waals surface area contributed by atoms with E-state index in [1.807, 2.05) is 6.92 Å². The number of morpholine rings is 1. The summed E-state index contributed by atoms with van der Waals surface area (Å²) in [6.07, 6.45) is 5.47. The third-order valence-corrected chi connectivity index (χ3v) is 4.31. The van der Waals surface area contributed by atoms with Crippen LogP contribution < -0.4 is 4.74 Å². The molecule has 0 amide bonds. The van der Waals surface area contributed by atoms with Crippen molar-refractivity contribution in [1.29, 1.82) is 0 Å². The zero-order valence-electron chi connectivity index (χ0n) is 13.9. The number of nitrogens with zero attached hydrogens (tertiary/aromatic N) is 5. The van der Waals surface area contributed by atoms with Crippen molar-refractivity contribution in [1.82, 2.24) is 25.0 Å². The molecule has 8 heteroatoms. The fourth-order valence-corrected chi connectivity index (χ4v) is 3.03. The second-order valence-corrected chi connectivity index (χ2v) is 6.41. The van der Waals surface area contributed by atoms with E-state index in [-0.39, 0.29) is 12.2 Å². The lowest BCUT2D eigenvalue weighted by Crippen LogP contribution is -2.42. The van der Waals surface area contributed by atoms with Gasteiger partial charge in [-0.25, -0.2) is 4.98 Å². The van der Waals surface area contributed by atoms with Gasteiger partial charge in [-0.3, -0.25) is 9.88 Å². The predicted molar refractivity (Wildman–Crippen MR) is 83.4 cm³/mol. The topological polar surface area (TPSA) is 86.4 Å². The summed E-state index contributed by atoms with van der Waals surface area (Å²) >= 11 is 0. The summed E-state index contributed by atoms with van der Waals surface area (Å²) in [5.41, 5.74) is 0.817. The van der Waals surface area contributed by atoms with Crippen LogP contribution in [0.4, 0.5) is 0 Å². The van der Waals surface area contributed by atoms with Gasteiger partial charge < -0.3 is 14.0 Å². The zero-order valence-corrected chi connectivity index (χ0v) is 13.9. The van der Waals surface area contributed by atoms with E-state index in [1.165, 1.54) is 0 Å². The van der Waals surface area contributed by atoms with E-state index in [4.69, 9.17) is 14.0 Å². The van der Waals surface area contributed by atoms with E-state index in [0.29, 0.717) is 30.8 Å². The number of aromatic nitrogens is 4. The number of methoxy groups -OCH3 is 1. The summed E-state index contributed by atoms with van der Waals surface area (Å²) in [4.78, 5) is 15.4. The summed E-state index contributed by atoms with van der Waals surface area (Å²) in [7, 11) is 1.61. The minimum atomic E-state index is -0.212. The lowest BCUT2D eigenvalue weighted by molar-refractivity contribution is -0.0934. The van der Waals surface area contributed by atoms with Gasteiger partial charge in [0.1, 0.15) is 11.8 Å². The molecule has 4 rings (SSSR count). The molecule has 24 heavy (non-hydrogen) atoms. The van der Waals surface area contributed by atoms with Gasteiger partial charge in [0.15, 0.2) is 5.82 Å². The number of hydrogen-bond donors (Lipinski definition) is 0. The summed E-state index contributed by atoms with van der Waals surface area (Å²) < 4.78 is 16.7. The standard InChI is InChI=1S/C16H21N5O3/c1-10-7-21(8-12-15(22-2)18-6-5-17-12)9-13(23-10)16-19-14(20-24-16)11-3-4-11/h5-6,10-11,13H,3-4,7-9H2,1-2H3/t10-,13-/m1/s1. The van der Waals surface area contributed by atoms with Crippen LogP contribution in [0.5, 0.6) is 5.88 Å². The van der Waals surface area contributed by atoms with Crippen LogP contribution in [0.1, 0.15) is 49.2 Å². The Kier molecular flexibility index (Phi) is 4.15. The molecule has 2 fully saturated rings. The summed E-state index contributed by atoms with van der Waals surface area (Å²) in [5.74, 6) is 2.42. The average Bonchev–Trinajstić information content (AvgIpc) is 3.32. The third-order valence-electron chi connectivity index (χ3n) is 4.31. The largest absolute Gasteiger partial charge is 0.480 e. The Morgan fingerprint density at radius 2 is 2.08 bits per heavy atom. The molecule has 2 atom stereocenters. The van der Waals surface area contributed by atoms with Crippen LogP contribution in [-0.2, 0) is 11.3 Å². The molecule has 0 spiro atoms. The predicted octanol–water partition coefficient (Wildman–Crippen LogP) is 1.71. The molecule has 1 saturated carbocycles. The summed E-state index contributed by atoms with van der Waals surface area (Å²) in [6.45, 7) is 4.17. The van der Waals surface area contributed by atoms with Crippen LogP contribution in [0.15, 0.2) is 16.9 Å². The highest BCUT2D eigenvalue weighted by Crippen LogP contribution is 2.39. The molecular weight excluding hydrogens is 310 g/mol. The second kappa shape index (κ2) is 6.45. The van der Waals surface area contributed by atoms with E-state index in [9.17, 15) is 0 Å². The minimum absolute atomic E-state index is 0.0719. The van der Waals surface area contributed by atoms with Gasteiger partial charge in [0.05, 0.1) is 13.2 Å². The lowest BCUT2D eigenvalue weighted by Gasteiger charge is -2.35. The first-order chi connectivity index (χ1) is 11.7. The Balaban J connectivity index is 1.47. The quantitative estimate of drug-likeness (QED) is 0.818. The van der Waals surface area contributed by atoms with Gasteiger partial charge in [0.25, 0.3) is 5.89 Å². The smallest absolute Gasteiger partial charge is 0.257 e. The van der Waals surface area contributed by atoms with Gasteiger partial charge >= 0.3 is 0 Å². The van der Waals surface area contributed by atoms with Crippen LogP contribution in [0, 0.1) is 0 Å². The van der Waals surface area contributed by atoms with Crippen molar-refractivity contribution < 1.29 is 14.0 Å². The van der Waals surface area contributed by atoms with Crippen LogP contribution >= 0.6 is 0 Å². The summed E-state index contributed by atoms with van der Waals surface area (Å²) in [6, 6.07) is 0. The van der Waals surface area contributed by atoms with Gasteiger partial charge in [-0.1, -0.05) is 5.16 Å². The van der Waals surface area contributed by atoms with Crippen LogP contribution in [-0.4, -0.2) is 51.3 Å². The molecule has 0 unspecified atom stereocenters. The van der Waals surface area contributed by atoms with Gasteiger partial charge in [0.2, 0.25) is 5.88 Å². The molecule has 1 aliphatic heterocycles. The maximum Gasteiger partial charge on any atom is 0.257 e. The van der Waals surface area contributed by atoms with Gasteiger partial charge in [0, 0.05) is 37.9 Å². The summed E-state index contributed by atoms with van der Waals surface area (Å²) in [5, 5.41) is 4.09. The Morgan fingerprint density at radius 3 is 2.88 bits per heavy atom. The number of hydrogen-bond acceptors (Lipinski definition) is 8. The van der Waals surface area contributed by atoms with Crippen molar-refractivity contribution in [2.75, 3.05) is 20.2 Å². The monoisotopic (exact) mass is 331 g/mol. The molecule has 128 valence electrons. The van der Waals surface area contributed by atoms with E-state index in [2.05, 4.69) is 25.0 Å². The first-order valence-corrected chi connectivity index (χ1v) is 8.28. The molecular formula is C16H21N5O3. The average molecular weight is 331 g/mol. The Morgan fingerprint density at radius 1 is 1.25 bits per heavy atom. The molecule has 0 N–H and O–H groups in total. The minimum Gasteiger partial charge on any atom is -0.480 e. The Hall–Kier alpha value is -2.06. The van der Waals surface area contributed by atoms with E-state index in [0.717, 1.165) is 30.9 Å². The van der Waals surface area contributed by atoms with E-state index < -0.39 is 0 Å². The van der Waals surface area contributed by atoms with Crippen molar-refractivity contribution in [2.24, 2.45) is 0 Å².